The molecule has 0 atom stereocenters. The van der Waals surface area contributed by atoms with Crippen LogP contribution in [0, 0.1) is 6.92 Å². The second-order valence-electron chi connectivity index (χ2n) is 5.67. The van der Waals surface area contributed by atoms with Crippen LogP contribution in [0.1, 0.15) is 11.3 Å². The zero-order valence-corrected chi connectivity index (χ0v) is 14.6. The van der Waals surface area contributed by atoms with Crippen LogP contribution in [0.5, 0.6) is 11.5 Å². The average molecular weight is 353 g/mol. The highest BCUT2D eigenvalue weighted by atomic mass is 16.6. The maximum atomic E-state index is 11.8. The molecule has 1 aromatic heterocycles. The number of carbonyl (C=O) groups is 1. The van der Waals surface area contributed by atoms with Crippen LogP contribution < -0.4 is 9.47 Å². The lowest BCUT2D eigenvalue weighted by Gasteiger charge is -2.06. The average Bonchev–Trinajstić information content (AvgIpc) is 3.15. The van der Waals surface area contributed by atoms with E-state index in [0.29, 0.717) is 17.2 Å². The number of carbonyl (C=O) groups excluding carboxylic acids is 1. The summed E-state index contributed by atoms with van der Waals surface area (Å²) in [5.74, 6) is 1.50. The van der Waals surface area contributed by atoms with Gasteiger partial charge in [0.1, 0.15) is 23.8 Å². The van der Waals surface area contributed by atoms with E-state index >= 15 is 0 Å². The van der Waals surface area contributed by atoms with Gasteiger partial charge in [0.15, 0.2) is 12.4 Å². The van der Waals surface area contributed by atoms with Gasteiger partial charge in [0, 0.05) is 11.6 Å². The maximum Gasteiger partial charge on any atom is 0.344 e. The molecule has 1 heterocycles. The first-order valence-electron chi connectivity index (χ1n) is 8.09. The molecule has 3 rings (SSSR count). The largest absolute Gasteiger partial charge is 0.497 e. The Morgan fingerprint density at radius 3 is 2.42 bits per heavy atom. The molecule has 0 radical (unpaired) electrons. The molecule has 0 aliphatic rings. The fourth-order valence-corrected chi connectivity index (χ4v) is 2.24. The van der Waals surface area contributed by atoms with Crippen LogP contribution in [-0.2, 0) is 16.1 Å². The summed E-state index contributed by atoms with van der Waals surface area (Å²) < 4.78 is 20.9. The lowest BCUT2D eigenvalue weighted by Crippen LogP contribution is -2.14. The van der Waals surface area contributed by atoms with E-state index < -0.39 is 5.97 Å². The third-order valence-corrected chi connectivity index (χ3v) is 3.69. The number of methoxy groups -OCH3 is 1. The Bertz CT molecular complexity index is 853. The summed E-state index contributed by atoms with van der Waals surface area (Å²) in [6.07, 6.45) is 0. The minimum Gasteiger partial charge on any atom is -0.497 e. The number of ether oxygens (including phenoxy) is 3. The van der Waals surface area contributed by atoms with Crippen LogP contribution in [0.3, 0.4) is 0 Å². The van der Waals surface area contributed by atoms with Crippen molar-refractivity contribution in [1.82, 2.24) is 5.16 Å². The van der Waals surface area contributed by atoms with E-state index in [9.17, 15) is 4.79 Å². The molecule has 0 saturated heterocycles. The first-order valence-corrected chi connectivity index (χ1v) is 8.09. The molecule has 134 valence electrons. The Hall–Kier alpha value is -3.28. The van der Waals surface area contributed by atoms with Gasteiger partial charge in [-0.15, -0.1) is 0 Å². The van der Waals surface area contributed by atoms with Crippen molar-refractivity contribution in [2.24, 2.45) is 0 Å². The molecule has 0 bridgehead atoms. The first-order chi connectivity index (χ1) is 12.6. The Labute approximate surface area is 151 Å². The standard InChI is InChI=1S/C20H19NO5/c1-14-3-7-18(8-4-14)24-13-20(22)25-12-16-11-19(26-21-16)15-5-9-17(23-2)10-6-15/h3-11H,12-13H2,1-2H3. The number of aromatic nitrogens is 1. The van der Waals surface area contributed by atoms with Crippen LogP contribution in [0.25, 0.3) is 11.3 Å². The van der Waals surface area contributed by atoms with Crippen molar-refractivity contribution >= 4 is 5.97 Å². The summed E-state index contributed by atoms with van der Waals surface area (Å²) in [5.41, 5.74) is 2.51. The third kappa shape index (κ3) is 4.63. The van der Waals surface area contributed by atoms with E-state index in [4.69, 9.17) is 18.7 Å². The van der Waals surface area contributed by atoms with Crippen molar-refractivity contribution in [3.05, 3.63) is 65.9 Å². The summed E-state index contributed by atoms with van der Waals surface area (Å²) in [6, 6.07) is 16.6. The van der Waals surface area contributed by atoms with Crippen molar-refractivity contribution in [3.8, 4) is 22.8 Å². The van der Waals surface area contributed by atoms with Crippen molar-refractivity contribution in [1.29, 1.82) is 0 Å². The SMILES string of the molecule is COc1ccc(-c2cc(COC(=O)COc3ccc(C)cc3)no2)cc1. The minimum atomic E-state index is -0.473. The van der Waals surface area contributed by atoms with Gasteiger partial charge < -0.3 is 18.7 Å². The lowest BCUT2D eigenvalue weighted by atomic mass is 10.1. The molecule has 26 heavy (non-hydrogen) atoms. The number of aryl methyl sites for hydroxylation is 1. The molecule has 2 aromatic carbocycles. The maximum absolute atomic E-state index is 11.8. The van der Waals surface area contributed by atoms with Gasteiger partial charge in [-0.2, -0.15) is 0 Å². The number of hydrogen-bond donors (Lipinski definition) is 0. The van der Waals surface area contributed by atoms with E-state index in [2.05, 4.69) is 5.16 Å². The van der Waals surface area contributed by atoms with Gasteiger partial charge >= 0.3 is 5.97 Å². The minimum absolute atomic E-state index is 0.0236. The van der Waals surface area contributed by atoms with Crippen LogP contribution in [0.2, 0.25) is 0 Å². The Morgan fingerprint density at radius 2 is 1.73 bits per heavy atom. The number of hydrogen-bond acceptors (Lipinski definition) is 6. The molecule has 0 aliphatic heterocycles. The molecule has 0 spiro atoms. The molecule has 0 saturated carbocycles. The van der Waals surface area contributed by atoms with E-state index in [-0.39, 0.29) is 13.2 Å². The molecule has 0 amide bonds. The van der Waals surface area contributed by atoms with E-state index in [1.807, 2.05) is 43.3 Å². The lowest BCUT2D eigenvalue weighted by molar-refractivity contribution is -0.147. The van der Waals surface area contributed by atoms with Crippen molar-refractivity contribution in [2.75, 3.05) is 13.7 Å². The van der Waals surface area contributed by atoms with Gasteiger partial charge in [0.25, 0.3) is 0 Å². The highest BCUT2D eigenvalue weighted by Crippen LogP contribution is 2.23. The smallest absolute Gasteiger partial charge is 0.344 e. The van der Waals surface area contributed by atoms with Gasteiger partial charge in [-0.25, -0.2) is 4.79 Å². The van der Waals surface area contributed by atoms with Crippen LogP contribution in [0.4, 0.5) is 0 Å². The molecule has 0 aliphatic carbocycles. The van der Waals surface area contributed by atoms with Crippen molar-refractivity contribution < 1.29 is 23.5 Å². The molecule has 6 heteroatoms. The van der Waals surface area contributed by atoms with Crippen LogP contribution >= 0.6 is 0 Å². The predicted octanol–water partition coefficient (Wildman–Crippen LogP) is 3.78. The Kier molecular flexibility index (Phi) is 5.53. The molecule has 6 nitrogen and oxygen atoms in total. The van der Waals surface area contributed by atoms with Crippen LogP contribution in [-0.4, -0.2) is 24.8 Å². The zero-order valence-electron chi connectivity index (χ0n) is 14.6. The molecule has 0 N–H and O–H groups in total. The second kappa shape index (κ2) is 8.20. The molecule has 0 unspecified atom stereocenters. The summed E-state index contributed by atoms with van der Waals surface area (Å²) in [7, 11) is 1.61. The monoisotopic (exact) mass is 353 g/mol. The number of esters is 1. The van der Waals surface area contributed by atoms with Gasteiger partial charge in [-0.1, -0.05) is 22.9 Å². The second-order valence-corrected chi connectivity index (χ2v) is 5.67. The van der Waals surface area contributed by atoms with E-state index in [1.54, 1.807) is 25.3 Å². The zero-order chi connectivity index (χ0) is 18.4. The summed E-state index contributed by atoms with van der Waals surface area (Å²) in [5, 5.41) is 3.91. The van der Waals surface area contributed by atoms with E-state index in [1.165, 1.54) is 0 Å². The Balaban J connectivity index is 1.49. The van der Waals surface area contributed by atoms with E-state index in [0.717, 1.165) is 16.9 Å². The molecular weight excluding hydrogens is 334 g/mol. The first kappa shape index (κ1) is 17.5. The highest BCUT2D eigenvalue weighted by Gasteiger charge is 2.10. The molecular formula is C20H19NO5. The fourth-order valence-electron chi connectivity index (χ4n) is 2.24. The number of nitrogens with zero attached hydrogens (tertiary/aromatic N) is 1. The highest BCUT2D eigenvalue weighted by molar-refractivity contribution is 5.71. The fraction of sp³-hybridized carbons (Fsp3) is 0.200. The normalized spacial score (nSPS) is 10.4. The summed E-state index contributed by atoms with van der Waals surface area (Å²) in [6.45, 7) is 1.85. The predicted molar refractivity (Wildman–Crippen MR) is 95.0 cm³/mol. The molecule has 0 fully saturated rings. The van der Waals surface area contributed by atoms with Crippen molar-refractivity contribution in [3.63, 3.8) is 0 Å². The van der Waals surface area contributed by atoms with Gasteiger partial charge in [0.2, 0.25) is 0 Å². The quantitative estimate of drug-likeness (QED) is 0.602. The number of rotatable bonds is 7. The van der Waals surface area contributed by atoms with Gasteiger partial charge in [-0.3, -0.25) is 0 Å². The Morgan fingerprint density at radius 1 is 1.04 bits per heavy atom. The topological polar surface area (TPSA) is 70.8 Å². The van der Waals surface area contributed by atoms with Gasteiger partial charge in [-0.05, 0) is 43.3 Å². The number of benzene rings is 2. The molecule has 3 aromatic rings. The van der Waals surface area contributed by atoms with Gasteiger partial charge in [0.05, 0.1) is 7.11 Å². The van der Waals surface area contributed by atoms with Crippen molar-refractivity contribution in [2.45, 2.75) is 13.5 Å². The third-order valence-electron chi connectivity index (χ3n) is 3.69. The van der Waals surface area contributed by atoms with Crippen LogP contribution in [0.15, 0.2) is 59.1 Å². The summed E-state index contributed by atoms with van der Waals surface area (Å²) in [4.78, 5) is 11.8. The summed E-state index contributed by atoms with van der Waals surface area (Å²) >= 11 is 0.